The van der Waals surface area contributed by atoms with Gasteiger partial charge in [0.2, 0.25) is 11.8 Å². The largest absolute Gasteiger partial charge is 0.478 e. The van der Waals surface area contributed by atoms with Gasteiger partial charge in [-0.05, 0) is 70.2 Å². The van der Waals surface area contributed by atoms with Crippen molar-refractivity contribution in [2.24, 2.45) is 13.0 Å². The molecule has 1 aromatic carbocycles. The van der Waals surface area contributed by atoms with Gasteiger partial charge in [0.1, 0.15) is 5.60 Å². The molecule has 4 aromatic rings. The van der Waals surface area contributed by atoms with Gasteiger partial charge in [-0.2, -0.15) is 5.10 Å². The van der Waals surface area contributed by atoms with Crippen LogP contribution in [0.3, 0.4) is 0 Å². The van der Waals surface area contributed by atoms with Crippen molar-refractivity contribution in [2.75, 3.05) is 38.5 Å². The van der Waals surface area contributed by atoms with Crippen LogP contribution >= 0.6 is 0 Å². The number of carboxylic acid groups (broad SMARTS) is 1. The summed E-state index contributed by atoms with van der Waals surface area (Å²) in [5.74, 6) is 0.278. The lowest BCUT2D eigenvalue weighted by molar-refractivity contribution is 0.0139. The first-order chi connectivity index (χ1) is 22.3. The van der Waals surface area contributed by atoms with Crippen molar-refractivity contribution < 1.29 is 24.2 Å². The zero-order valence-corrected chi connectivity index (χ0v) is 28.2. The standard InChI is InChI=1S/C34H46N8O5/c1-22(8-7-15-46-30-27(19-37-39(30)6)26-18-36-23(2)16-25(26)31(43)44)20-42-29-17-24(9-10-28(29)38-32(42)35)21-40-11-13-41(14-12-40)33(45)47-34(3,4)5/h9-10,16-19,22H,7-8,11-15,20-21H2,1-6H3,(H2,35,38)(H,43,44). The van der Waals surface area contributed by atoms with Crippen molar-refractivity contribution in [1.29, 1.82) is 0 Å². The van der Waals surface area contributed by atoms with Gasteiger partial charge in [-0.3, -0.25) is 9.88 Å². The van der Waals surface area contributed by atoms with Crippen LogP contribution in [0.15, 0.2) is 36.7 Å². The molecule has 252 valence electrons. The second kappa shape index (κ2) is 14.0. The number of nitrogens with zero attached hydrogens (tertiary/aromatic N) is 7. The van der Waals surface area contributed by atoms with E-state index in [1.54, 1.807) is 42.0 Å². The maximum absolute atomic E-state index is 12.4. The average Bonchev–Trinajstić information content (AvgIpc) is 3.52. The van der Waals surface area contributed by atoms with E-state index in [4.69, 9.17) is 15.2 Å². The first-order valence-electron chi connectivity index (χ1n) is 16.1. The summed E-state index contributed by atoms with van der Waals surface area (Å²) in [6, 6.07) is 7.85. The number of hydrogen-bond donors (Lipinski definition) is 2. The average molecular weight is 647 g/mol. The van der Waals surface area contributed by atoms with E-state index in [1.165, 1.54) is 5.56 Å². The normalized spacial score (nSPS) is 14.8. The van der Waals surface area contributed by atoms with E-state index >= 15 is 0 Å². The molecule has 0 bridgehead atoms. The van der Waals surface area contributed by atoms with Crippen molar-refractivity contribution in [1.82, 2.24) is 34.1 Å². The molecule has 1 unspecified atom stereocenters. The zero-order valence-electron chi connectivity index (χ0n) is 28.2. The molecule has 0 aliphatic carbocycles. The van der Waals surface area contributed by atoms with E-state index in [1.807, 2.05) is 26.8 Å². The molecule has 13 nitrogen and oxygen atoms in total. The maximum Gasteiger partial charge on any atom is 0.410 e. The summed E-state index contributed by atoms with van der Waals surface area (Å²) in [6.45, 7) is 14.4. The Labute approximate surface area is 275 Å². The molecule has 1 aliphatic heterocycles. The Morgan fingerprint density at radius 1 is 1.09 bits per heavy atom. The molecule has 0 radical (unpaired) electrons. The highest BCUT2D eigenvalue weighted by molar-refractivity contribution is 5.96. The van der Waals surface area contributed by atoms with Crippen LogP contribution in [0.4, 0.5) is 10.7 Å². The minimum absolute atomic E-state index is 0.165. The lowest BCUT2D eigenvalue weighted by Gasteiger charge is -2.35. The molecule has 0 saturated carbocycles. The van der Waals surface area contributed by atoms with E-state index in [9.17, 15) is 14.7 Å². The number of fused-ring (bicyclic) bond motifs is 1. The number of piperazine rings is 1. The summed E-state index contributed by atoms with van der Waals surface area (Å²) in [5.41, 5.74) is 10.8. The Bertz CT molecular complexity index is 1730. The van der Waals surface area contributed by atoms with Gasteiger partial charge in [0.25, 0.3) is 0 Å². The number of carboxylic acids is 1. The number of nitrogen functional groups attached to an aromatic ring is 1. The van der Waals surface area contributed by atoms with Crippen molar-refractivity contribution >= 4 is 29.0 Å². The first-order valence-corrected chi connectivity index (χ1v) is 16.1. The highest BCUT2D eigenvalue weighted by Gasteiger charge is 2.26. The number of aromatic nitrogens is 5. The molecule has 1 atom stereocenters. The predicted molar refractivity (Wildman–Crippen MR) is 179 cm³/mol. The molecule has 1 saturated heterocycles. The van der Waals surface area contributed by atoms with Gasteiger partial charge >= 0.3 is 12.1 Å². The fourth-order valence-corrected chi connectivity index (χ4v) is 5.89. The Balaban J connectivity index is 1.16. The van der Waals surface area contributed by atoms with Crippen LogP contribution in [0.25, 0.3) is 22.2 Å². The highest BCUT2D eigenvalue weighted by atomic mass is 16.6. The van der Waals surface area contributed by atoms with E-state index in [2.05, 4.69) is 43.6 Å². The van der Waals surface area contributed by atoms with Crippen molar-refractivity contribution in [2.45, 2.75) is 66.2 Å². The topological polar surface area (TPSA) is 154 Å². The summed E-state index contributed by atoms with van der Waals surface area (Å²) >= 11 is 0. The third-order valence-electron chi connectivity index (χ3n) is 8.29. The van der Waals surface area contributed by atoms with Crippen molar-refractivity contribution in [3.8, 4) is 17.0 Å². The smallest absolute Gasteiger partial charge is 0.410 e. The number of nitrogens with two attached hydrogens (primary N) is 1. The van der Waals surface area contributed by atoms with Gasteiger partial charge in [-0.25, -0.2) is 19.3 Å². The zero-order chi connectivity index (χ0) is 33.9. The molecule has 3 aromatic heterocycles. The number of anilines is 1. The molecule has 1 amide bonds. The molecular weight excluding hydrogens is 600 g/mol. The number of aryl methyl sites for hydroxylation is 2. The second-order valence-electron chi connectivity index (χ2n) is 13.4. The molecule has 5 rings (SSSR count). The lowest BCUT2D eigenvalue weighted by Crippen LogP contribution is -2.49. The molecule has 1 fully saturated rings. The van der Waals surface area contributed by atoms with E-state index in [0.717, 1.165) is 43.5 Å². The quantitative estimate of drug-likeness (QED) is 0.214. The number of carbonyl (C=O) groups is 2. The Morgan fingerprint density at radius 2 is 1.83 bits per heavy atom. The number of pyridine rings is 1. The number of aromatic carboxylic acids is 1. The van der Waals surface area contributed by atoms with Crippen molar-refractivity contribution in [3.05, 3.63) is 53.5 Å². The van der Waals surface area contributed by atoms with Gasteiger partial charge < -0.3 is 29.8 Å². The van der Waals surface area contributed by atoms with Crippen LogP contribution in [0, 0.1) is 12.8 Å². The Morgan fingerprint density at radius 3 is 2.53 bits per heavy atom. The van der Waals surface area contributed by atoms with Crippen LogP contribution in [0.2, 0.25) is 0 Å². The van der Waals surface area contributed by atoms with Crippen LogP contribution < -0.4 is 10.5 Å². The lowest BCUT2D eigenvalue weighted by atomic mass is 10.0. The summed E-state index contributed by atoms with van der Waals surface area (Å²) in [4.78, 5) is 37.3. The minimum Gasteiger partial charge on any atom is -0.478 e. The molecule has 13 heteroatoms. The fraction of sp³-hybridized carbons (Fsp3) is 0.500. The fourth-order valence-electron chi connectivity index (χ4n) is 5.89. The maximum atomic E-state index is 12.4. The second-order valence-corrected chi connectivity index (χ2v) is 13.4. The predicted octanol–water partition coefficient (Wildman–Crippen LogP) is 4.97. The third kappa shape index (κ3) is 8.20. The van der Waals surface area contributed by atoms with Crippen LogP contribution in [0.1, 0.15) is 62.2 Å². The first kappa shape index (κ1) is 33.7. The van der Waals surface area contributed by atoms with Gasteiger partial charge in [0.15, 0.2) is 0 Å². The van der Waals surface area contributed by atoms with Crippen molar-refractivity contribution in [3.63, 3.8) is 0 Å². The number of hydrogen-bond acceptors (Lipinski definition) is 9. The molecular formula is C34H46N8O5. The number of carbonyl (C=O) groups excluding carboxylic acids is 1. The summed E-state index contributed by atoms with van der Waals surface area (Å²) in [7, 11) is 1.77. The van der Waals surface area contributed by atoms with Gasteiger partial charge in [-0.1, -0.05) is 13.0 Å². The van der Waals surface area contributed by atoms with Crippen LogP contribution in [-0.2, 0) is 24.9 Å². The van der Waals surface area contributed by atoms with E-state index in [-0.39, 0.29) is 11.7 Å². The minimum atomic E-state index is -1.02. The van der Waals surface area contributed by atoms with E-state index < -0.39 is 11.6 Å². The molecule has 1 aliphatic rings. The number of ether oxygens (including phenoxy) is 2. The Hall–Kier alpha value is -4.65. The van der Waals surface area contributed by atoms with E-state index in [0.29, 0.717) is 60.8 Å². The summed E-state index contributed by atoms with van der Waals surface area (Å²) in [5, 5.41) is 14.0. The van der Waals surface area contributed by atoms with Crippen LogP contribution in [-0.4, -0.2) is 89.7 Å². The number of amides is 1. The SMILES string of the molecule is Cc1cc(C(=O)O)c(-c2cnn(C)c2OCCCC(C)Cn2c(N)nc3ccc(CN4CCN(C(=O)OC(C)(C)C)CC4)cc32)cn1. The molecule has 0 spiro atoms. The van der Waals surface area contributed by atoms with Gasteiger partial charge in [-0.15, -0.1) is 0 Å². The number of rotatable bonds is 11. The molecule has 4 heterocycles. The molecule has 47 heavy (non-hydrogen) atoms. The Kier molecular flexibility index (Phi) is 10.0. The third-order valence-corrected chi connectivity index (χ3v) is 8.29. The van der Waals surface area contributed by atoms with Gasteiger partial charge in [0.05, 0.1) is 35.0 Å². The van der Waals surface area contributed by atoms with Gasteiger partial charge in [0, 0.05) is 63.8 Å². The van der Waals surface area contributed by atoms with Crippen LogP contribution in [0.5, 0.6) is 5.88 Å². The summed E-state index contributed by atoms with van der Waals surface area (Å²) < 4.78 is 15.4. The molecule has 3 N–H and O–H groups in total. The summed E-state index contributed by atoms with van der Waals surface area (Å²) in [6.07, 6.45) is 4.59. The number of imidazole rings is 1. The highest BCUT2D eigenvalue weighted by Crippen LogP contribution is 2.32. The monoisotopic (exact) mass is 646 g/mol. The number of benzene rings is 1.